The third-order valence-corrected chi connectivity index (χ3v) is 6.25. The predicted octanol–water partition coefficient (Wildman–Crippen LogP) is 1.19. The monoisotopic (exact) mass is 600 g/mol. The van der Waals surface area contributed by atoms with Crippen LogP contribution in [-0.2, 0) is 37.9 Å². The molecule has 0 aliphatic rings. The van der Waals surface area contributed by atoms with E-state index in [0.717, 1.165) is 0 Å². The highest BCUT2D eigenvalue weighted by molar-refractivity contribution is 4.79. The van der Waals surface area contributed by atoms with Gasteiger partial charge in [-0.05, 0) is 25.7 Å². The van der Waals surface area contributed by atoms with E-state index in [1.54, 1.807) is 0 Å². The number of rotatable bonds is 32. The lowest BCUT2D eigenvalue weighted by Crippen LogP contribution is -2.43. The normalized spacial score (nSPS) is 16.4. The molecule has 0 aliphatic carbocycles. The minimum absolute atomic E-state index is 0.256. The van der Waals surface area contributed by atoms with Crippen LogP contribution in [0.2, 0.25) is 0 Å². The van der Waals surface area contributed by atoms with Gasteiger partial charge in [-0.3, -0.25) is 0 Å². The summed E-state index contributed by atoms with van der Waals surface area (Å²) in [5.74, 6) is 0. The number of hydrogen-bond donors (Lipinski definition) is 4. The fraction of sp³-hybridized carbons (Fsp3) is 1.00. The Morgan fingerprint density at radius 2 is 0.561 bits per heavy atom. The third-order valence-electron chi connectivity index (χ3n) is 6.25. The highest BCUT2D eigenvalue weighted by Gasteiger charge is 2.32. The summed E-state index contributed by atoms with van der Waals surface area (Å²) < 4.78 is 45.7. The molecule has 0 fully saturated rings. The Labute approximate surface area is 247 Å². The van der Waals surface area contributed by atoms with Gasteiger partial charge in [0.2, 0.25) is 0 Å². The summed E-state index contributed by atoms with van der Waals surface area (Å²) in [7, 11) is 0. The zero-order valence-electron chi connectivity index (χ0n) is 26.0. The molecule has 12 nitrogen and oxygen atoms in total. The van der Waals surface area contributed by atoms with Gasteiger partial charge >= 0.3 is 0 Å². The number of aliphatic hydroxyl groups is 4. The van der Waals surface area contributed by atoms with Crippen molar-refractivity contribution in [1.29, 1.82) is 0 Å². The summed E-state index contributed by atoms with van der Waals surface area (Å²) >= 11 is 0. The van der Waals surface area contributed by atoms with Gasteiger partial charge in [0.25, 0.3) is 0 Å². The summed E-state index contributed by atoms with van der Waals surface area (Å²) in [5.41, 5.74) is -0.655. The maximum absolute atomic E-state index is 9.67. The summed E-state index contributed by atoms with van der Waals surface area (Å²) in [6, 6.07) is 0. The molecule has 0 aromatic heterocycles. The van der Waals surface area contributed by atoms with E-state index in [1.165, 1.54) is 0 Å². The van der Waals surface area contributed by atoms with Crippen LogP contribution in [0.3, 0.4) is 0 Å². The molecule has 0 saturated carbocycles. The molecular weight excluding hydrogens is 540 g/mol. The fourth-order valence-corrected chi connectivity index (χ4v) is 3.22. The van der Waals surface area contributed by atoms with Crippen LogP contribution in [0, 0.1) is 5.41 Å². The topological polar surface area (TPSA) is 155 Å². The molecule has 248 valence electrons. The minimum Gasteiger partial charge on any atom is -0.391 e. The van der Waals surface area contributed by atoms with Crippen molar-refractivity contribution in [3.8, 4) is 0 Å². The van der Waals surface area contributed by atoms with E-state index >= 15 is 0 Å². The van der Waals surface area contributed by atoms with Gasteiger partial charge in [-0.25, -0.2) is 0 Å². The second-order valence-electron chi connectivity index (χ2n) is 10.3. The van der Waals surface area contributed by atoms with E-state index in [9.17, 15) is 20.4 Å². The second-order valence-corrected chi connectivity index (χ2v) is 10.3. The van der Waals surface area contributed by atoms with Gasteiger partial charge in [-0.1, -0.05) is 27.7 Å². The van der Waals surface area contributed by atoms with Crippen molar-refractivity contribution >= 4 is 0 Å². The molecule has 0 amide bonds. The van der Waals surface area contributed by atoms with Gasteiger partial charge in [0.15, 0.2) is 0 Å². The molecular formula is C29H60O12. The third kappa shape index (κ3) is 24.6. The second kappa shape index (κ2) is 28.3. The first-order valence-corrected chi connectivity index (χ1v) is 15.2. The zero-order valence-corrected chi connectivity index (χ0v) is 26.0. The first-order valence-electron chi connectivity index (χ1n) is 15.2. The van der Waals surface area contributed by atoms with Gasteiger partial charge in [-0.15, -0.1) is 0 Å². The summed E-state index contributed by atoms with van der Waals surface area (Å²) in [4.78, 5) is 0. The van der Waals surface area contributed by atoms with Crippen molar-refractivity contribution in [2.75, 3.05) is 106 Å². The molecule has 0 rings (SSSR count). The van der Waals surface area contributed by atoms with Crippen LogP contribution in [0.5, 0.6) is 0 Å². The molecule has 0 aromatic carbocycles. The van der Waals surface area contributed by atoms with E-state index in [2.05, 4.69) is 0 Å². The first kappa shape index (κ1) is 40.5. The number of aliphatic hydroxyl groups excluding tert-OH is 4. The Hall–Kier alpha value is -0.480. The van der Waals surface area contributed by atoms with Crippen LogP contribution >= 0.6 is 0 Å². The minimum atomic E-state index is -0.655. The molecule has 0 aromatic rings. The highest BCUT2D eigenvalue weighted by atomic mass is 16.6. The van der Waals surface area contributed by atoms with Gasteiger partial charge in [0, 0.05) is 0 Å². The molecule has 0 saturated heterocycles. The lowest BCUT2D eigenvalue weighted by atomic mass is 9.92. The van der Waals surface area contributed by atoms with Crippen molar-refractivity contribution in [3.63, 3.8) is 0 Å². The summed E-state index contributed by atoms with van der Waals surface area (Å²) in [6.07, 6.45) is 0.521. The molecule has 0 radical (unpaired) electrons. The molecule has 0 bridgehead atoms. The maximum atomic E-state index is 9.67. The SMILES string of the molecule is CCC(O)COCCOCC(COCCOCC(O)CC)(COCCOCC(O)CC)COCCOCC(O)CC. The van der Waals surface area contributed by atoms with E-state index in [1.807, 2.05) is 27.7 Å². The maximum Gasteiger partial charge on any atom is 0.0771 e. The van der Waals surface area contributed by atoms with Crippen LogP contribution < -0.4 is 0 Å². The van der Waals surface area contributed by atoms with Gasteiger partial charge in [0.05, 0.1) is 136 Å². The van der Waals surface area contributed by atoms with Crippen LogP contribution in [0.15, 0.2) is 0 Å². The average Bonchev–Trinajstić information content (AvgIpc) is 2.99. The van der Waals surface area contributed by atoms with E-state index < -0.39 is 29.8 Å². The Kier molecular flexibility index (Phi) is 28.0. The number of ether oxygens (including phenoxy) is 8. The molecule has 4 unspecified atom stereocenters. The Balaban J connectivity index is 5.00. The Morgan fingerprint density at radius 3 is 0.756 bits per heavy atom. The quantitative estimate of drug-likeness (QED) is 0.0820. The van der Waals surface area contributed by atoms with Crippen molar-refractivity contribution in [1.82, 2.24) is 0 Å². The lowest BCUT2D eigenvalue weighted by molar-refractivity contribution is -0.124. The van der Waals surface area contributed by atoms with Crippen LogP contribution in [-0.4, -0.2) is 151 Å². The fourth-order valence-electron chi connectivity index (χ4n) is 3.22. The molecule has 4 N–H and O–H groups in total. The molecule has 4 atom stereocenters. The van der Waals surface area contributed by atoms with E-state index in [0.29, 0.717) is 78.5 Å². The van der Waals surface area contributed by atoms with Gasteiger partial charge < -0.3 is 58.3 Å². The highest BCUT2D eigenvalue weighted by Crippen LogP contribution is 2.21. The van der Waals surface area contributed by atoms with Gasteiger partial charge in [-0.2, -0.15) is 0 Å². The van der Waals surface area contributed by atoms with Crippen molar-refractivity contribution in [3.05, 3.63) is 0 Å². The summed E-state index contributed by atoms with van der Waals surface area (Å²) in [6.45, 7) is 12.3. The molecule has 0 spiro atoms. The Morgan fingerprint density at radius 1 is 0.366 bits per heavy atom. The standard InChI is InChI=1S/C29H60O12/c1-5-25(30)17-34-9-13-38-21-29(22-39-14-10-35-18-26(31)6-2,23-40-15-11-36-19-27(32)7-3)24-41-16-12-37-20-28(33)8-4/h25-28,30-33H,5-24H2,1-4H3. The van der Waals surface area contributed by atoms with E-state index in [4.69, 9.17) is 37.9 Å². The first-order chi connectivity index (χ1) is 19.8. The molecule has 0 aliphatic heterocycles. The lowest BCUT2D eigenvalue weighted by Gasteiger charge is -2.33. The molecule has 12 heteroatoms. The van der Waals surface area contributed by atoms with E-state index in [-0.39, 0.29) is 52.9 Å². The predicted molar refractivity (Wildman–Crippen MR) is 154 cm³/mol. The number of hydrogen-bond acceptors (Lipinski definition) is 12. The van der Waals surface area contributed by atoms with Crippen LogP contribution in [0.25, 0.3) is 0 Å². The zero-order chi connectivity index (χ0) is 30.6. The van der Waals surface area contributed by atoms with Crippen LogP contribution in [0.4, 0.5) is 0 Å². The largest absolute Gasteiger partial charge is 0.391 e. The van der Waals surface area contributed by atoms with Crippen molar-refractivity contribution in [2.24, 2.45) is 5.41 Å². The molecule has 0 heterocycles. The smallest absolute Gasteiger partial charge is 0.0771 e. The molecule has 41 heavy (non-hydrogen) atoms. The Bertz CT molecular complexity index is 448. The van der Waals surface area contributed by atoms with Crippen molar-refractivity contribution < 1.29 is 58.3 Å². The van der Waals surface area contributed by atoms with Gasteiger partial charge in [0.1, 0.15) is 0 Å². The van der Waals surface area contributed by atoms with Crippen molar-refractivity contribution in [2.45, 2.75) is 77.8 Å². The van der Waals surface area contributed by atoms with Crippen LogP contribution in [0.1, 0.15) is 53.4 Å². The average molecular weight is 601 g/mol. The summed E-state index contributed by atoms with van der Waals surface area (Å²) in [5, 5.41) is 38.7.